The molecule has 0 bridgehead atoms. The zero-order valence-corrected chi connectivity index (χ0v) is 16.5. The molecule has 0 fully saturated rings. The molecule has 0 spiro atoms. The SMILES string of the molecule is COC(=O)[C@@H]1Cc2ccccc2CN1CC(=O)Nc1c(C)cc(C)cc1Cl. The Balaban J connectivity index is 1.78. The number of halogens is 1. The molecule has 0 saturated heterocycles. The van der Waals surface area contributed by atoms with Crippen molar-refractivity contribution in [1.29, 1.82) is 0 Å². The summed E-state index contributed by atoms with van der Waals surface area (Å²) in [6.45, 7) is 4.46. The highest BCUT2D eigenvalue weighted by Crippen LogP contribution is 2.28. The first-order valence-electron chi connectivity index (χ1n) is 8.84. The van der Waals surface area contributed by atoms with Gasteiger partial charge in [-0.2, -0.15) is 0 Å². The Morgan fingerprint density at radius 3 is 2.59 bits per heavy atom. The van der Waals surface area contributed by atoms with Gasteiger partial charge in [0.15, 0.2) is 0 Å². The van der Waals surface area contributed by atoms with Crippen LogP contribution in [0.2, 0.25) is 5.02 Å². The van der Waals surface area contributed by atoms with Crippen LogP contribution in [0.5, 0.6) is 0 Å². The third-order valence-corrected chi connectivity index (χ3v) is 5.16. The monoisotopic (exact) mass is 386 g/mol. The second kappa shape index (κ2) is 8.11. The number of hydrogen-bond donors (Lipinski definition) is 1. The van der Waals surface area contributed by atoms with Crippen LogP contribution in [0.4, 0.5) is 5.69 Å². The lowest BCUT2D eigenvalue weighted by Gasteiger charge is -2.34. The first-order chi connectivity index (χ1) is 12.9. The molecule has 2 aromatic carbocycles. The van der Waals surface area contributed by atoms with Crippen LogP contribution in [0.25, 0.3) is 0 Å². The minimum atomic E-state index is -0.481. The number of anilines is 1. The van der Waals surface area contributed by atoms with E-state index in [0.717, 1.165) is 22.3 Å². The zero-order chi connectivity index (χ0) is 19.6. The Morgan fingerprint density at radius 1 is 1.22 bits per heavy atom. The normalized spacial score (nSPS) is 16.5. The Labute approximate surface area is 164 Å². The van der Waals surface area contributed by atoms with E-state index in [1.807, 2.05) is 55.1 Å². The van der Waals surface area contributed by atoms with Gasteiger partial charge < -0.3 is 10.1 Å². The Hall–Kier alpha value is -2.37. The number of carbonyl (C=O) groups excluding carboxylic acids is 2. The van der Waals surface area contributed by atoms with Crippen molar-refractivity contribution >= 4 is 29.2 Å². The summed E-state index contributed by atoms with van der Waals surface area (Å²) in [5.41, 5.74) is 4.78. The fourth-order valence-electron chi connectivity index (χ4n) is 3.55. The molecule has 1 N–H and O–H groups in total. The number of nitrogens with one attached hydrogen (secondary N) is 1. The lowest BCUT2D eigenvalue weighted by molar-refractivity contribution is -0.148. The predicted octanol–water partition coefficient (Wildman–Crippen LogP) is 3.50. The maximum absolute atomic E-state index is 12.7. The van der Waals surface area contributed by atoms with E-state index in [4.69, 9.17) is 16.3 Å². The van der Waals surface area contributed by atoms with Gasteiger partial charge in [-0.1, -0.05) is 41.9 Å². The standard InChI is InChI=1S/C21H23ClN2O3/c1-13-8-14(2)20(17(22)9-13)23-19(25)12-24-11-16-7-5-4-6-15(16)10-18(24)21(26)27-3/h4-9,18H,10-12H2,1-3H3,(H,23,25)/t18-/m0/s1. The van der Waals surface area contributed by atoms with Gasteiger partial charge in [0.1, 0.15) is 6.04 Å². The molecular formula is C21H23ClN2O3. The third kappa shape index (κ3) is 4.31. The number of hydrogen-bond acceptors (Lipinski definition) is 4. The molecule has 1 heterocycles. The predicted molar refractivity (Wildman–Crippen MR) is 106 cm³/mol. The van der Waals surface area contributed by atoms with Crippen LogP contribution in [0.1, 0.15) is 22.3 Å². The average Bonchev–Trinajstić information content (AvgIpc) is 2.63. The van der Waals surface area contributed by atoms with Crippen LogP contribution >= 0.6 is 11.6 Å². The lowest BCUT2D eigenvalue weighted by atomic mass is 9.94. The molecule has 2 aromatic rings. The van der Waals surface area contributed by atoms with Crippen molar-refractivity contribution in [3.63, 3.8) is 0 Å². The van der Waals surface area contributed by atoms with Gasteiger partial charge in [0.2, 0.25) is 5.91 Å². The number of rotatable bonds is 4. The van der Waals surface area contributed by atoms with Crippen molar-refractivity contribution in [2.75, 3.05) is 19.0 Å². The number of amides is 1. The first-order valence-corrected chi connectivity index (χ1v) is 9.22. The van der Waals surface area contributed by atoms with Gasteiger partial charge >= 0.3 is 5.97 Å². The molecule has 3 rings (SSSR count). The molecule has 0 saturated carbocycles. The summed E-state index contributed by atoms with van der Waals surface area (Å²) < 4.78 is 4.95. The van der Waals surface area contributed by atoms with Crippen LogP contribution in [0.15, 0.2) is 36.4 Å². The van der Waals surface area contributed by atoms with Crippen molar-refractivity contribution in [3.05, 3.63) is 63.7 Å². The molecule has 5 nitrogen and oxygen atoms in total. The van der Waals surface area contributed by atoms with E-state index in [9.17, 15) is 9.59 Å². The molecule has 1 atom stereocenters. The number of esters is 1. The second-order valence-electron chi connectivity index (χ2n) is 6.90. The van der Waals surface area contributed by atoms with E-state index in [1.165, 1.54) is 7.11 Å². The van der Waals surface area contributed by atoms with Crippen molar-refractivity contribution < 1.29 is 14.3 Å². The molecule has 0 aliphatic carbocycles. The summed E-state index contributed by atoms with van der Waals surface area (Å²) in [5.74, 6) is -0.543. The van der Waals surface area contributed by atoms with Crippen molar-refractivity contribution in [2.24, 2.45) is 0 Å². The number of carbonyl (C=O) groups is 2. The van der Waals surface area contributed by atoms with E-state index >= 15 is 0 Å². The second-order valence-corrected chi connectivity index (χ2v) is 7.31. The molecular weight excluding hydrogens is 364 g/mol. The van der Waals surface area contributed by atoms with Crippen LogP contribution in [-0.2, 0) is 27.3 Å². The van der Waals surface area contributed by atoms with Crippen LogP contribution in [-0.4, -0.2) is 36.5 Å². The number of aryl methyl sites for hydroxylation is 2. The molecule has 142 valence electrons. The van der Waals surface area contributed by atoms with Crippen molar-refractivity contribution in [1.82, 2.24) is 4.90 Å². The van der Waals surface area contributed by atoms with E-state index in [0.29, 0.717) is 23.7 Å². The molecule has 1 amide bonds. The Morgan fingerprint density at radius 2 is 1.93 bits per heavy atom. The minimum Gasteiger partial charge on any atom is -0.468 e. The van der Waals surface area contributed by atoms with Gasteiger partial charge in [0.05, 0.1) is 24.4 Å². The van der Waals surface area contributed by atoms with E-state index in [2.05, 4.69) is 5.32 Å². The molecule has 0 radical (unpaired) electrons. The first kappa shape index (κ1) is 19.4. The minimum absolute atomic E-state index is 0.0811. The maximum Gasteiger partial charge on any atom is 0.323 e. The molecule has 1 aliphatic rings. The summed E-state index contributed by atoms with van der Waals surface area (Å²) in [6.07, 6.45) is 0.528. The van der Waals surface area contributed by atoms with Crippen molar-refractivity contribution in [3.8, 4) is 0 Å². The van der Waals surface area contributed by atoms with Gasteiger partial charge in [-0.15, -0.1) is 0 Å². The van der Waals surface area contributed by atoms with E-state index < -0.39 is 6.04 Å². The number of nitrogens with zero attached hydrogens (tertiary/aromatic N) is 1. The summed E-state index contributed by atoms with van der Waals surface area (Å²) >= 11 is 6.29. The van der Waals surface area contributed by atoms with E-state index in [-0.39, 0.29) is 18.4 Å². The Bertz CT molecular complexity index is 858. The lowest BCUT2D eigenvalue weighted by Crippen LogP contribution is -2.49. The molecule has 0 aromatic heterocycles. The summed E-state index contributed by atoms with van der Waals surface area (Å²) in [7, 11) is 1.37. The topological polar surface area (TPSA) is 58.6 Å². The number of ether oxygens (including phenoxy) is 1. The van der Waals surface area contributed by atoms with Gasteiger partial charge in [0.25, 0.3) is 0 Å². The maximum atomic E-state index is 12.7. The summed E-state index contributed by atoms with van der Waals surface area (Å²) in [6, 6.07) is 11.3. The van der Waals surface area contributed by atoms with Crippen molar-refractivity contribution in [2.45, 2.75) is 32.9 Å². The van der Waals surface area contributed by atoms with Gasteiger partial charge in [-0.25, -0.2) is 0 Å². The number of fused-ring (bicyclic) bond motifs is 1. The smallest absolute Gasteiger partial charge is 0.323 e. The third-order valence-electron chi connectivity index (χ3n) is 4.86. The molecule has 0 unspecified atom stereocenters. The van der Waals surface area contributed by atoms with Crippen LogP contribution in [0, 0.1) is 13.8 Å². The largest absolute Gasteiger partial charge is 0.468 e. The van der Waals surface area contributed by atoms with Crippen LogP contribution < -0.4 is 5.32 Å². The molecule has 1 aliphatic heterocycles. The van der Waals surface area contributed by atoms with Gasteiger partial charge in [-0.05, 0) is 48.6 Å². The highest BCUT2D eigenvalue weighted by atomic mass is 35.5. The zero-order valence-electron chi connectivity index (χ0n) is 15.7. The van der Waals surface area contributed by atoms with Crippen LogP contribution in [0.3, 0.4) is 0 Å². The highest BCUT2D eigenvalue weighted by Gasteiger charge is 2.33. The number of methoxy groups -OCH3 is 1. The van der Waals surface area contributed by atoms with Gasteiger partial charge in [0, 0.05) is 6.54 Å². The summed E-state index contributed by atoms with van der Waals surface area (Å²) in [4.78, 5) is 26.8. The number of benzene rings is 2. The fraction of sp³-hybridized carbons (Fsp3) is 0.333. The molecule has 6 heteroatoms. The summed E-state index contributed by atoms with van der Waals surface area (Å²) in [5, 5.41) is 3.40. The Kier molecular flexibility index (Phi) is 5.82. The highest BCUT2D eigenvalue weighted by molar-refractivity contribution is 6.34. The fourth-order valence-corrected chi connectivity index (χ4v) is 3.92. The van der Waals surface area contributed by atoms with Gasteiger partial charge in [-0.3, -0.25) is 14.5 Å². The molecule has 27 heavy (non-hydrogen) atoms. The van der Waals surface area contributed by atoms with E-state index in [1.54, 1.807) is 0 Å². The quantitative estimate of drug-likeness (QED) is 0.817. The average molecular weight is 387 g/mol.